The smallest absolute Gasteiger partial charge is 0.0541 e. The van der Waals surface area contributed by atoms with Crippen LogP contribution in [-0.4, -0.2) is 4.57 Å². The van der Waals surface area contributed by atoms with Crippen LogP contribution in [0.15, 0.2) is 102 Å². The normalized spacial score (nSPS) is 24.0. The highest BCUT2D eigenvalue weighted by Crippen LogP contribution is 2.55. The Balaban J connectivity index is 1.01. The lowest BCUT2D eigenvalue weighted by molar-refractivity contribution is 0.531. The van der Waals surface area contributed by atoms with Gasteiger partial charge in [0.15, 0.2) is 0 Å². The minimum atomic E-state index is 0.0333. The van der Waals surface area contributed by atoms with Crippen LogP contribution in [0.1, 0.15) is 103 Å². The fourth-order valence-electron chi connectivity index (χ4n) is 10.9. The van der Waals surface area contributed by atoms with Gasteiger partial charge in [-0.2, -0.15) is 0 Å². The van der Waals surface area contributed by atoms with E-state index in [4.69, 9.17) is 0 Å². The Kier molecular flexibility index (Phi) is 6.06. The third-order valence-corrected chi connectivity index (χ3v) is 14.4. The standard InChI is InChI=1S/C48H43NS/c1-27-10-8-16-42-45(27)40-25-39-36-14-7-11-28(2)46(36)48(3,4)41(39)26-43(40)49(42)32-20-18-30-23-31-22-29(19-21-33(31)38(30)24-32)34-13-9-15-37-35-12-5-6-17-44(35)50-47(34)37/h5-8,12-14,16-21,24-29H,9-11,15,22-23H2,1-4H3. The average molecular weight is 666 g/mol. The van der Waals surface area contributed by atoms with Crippen LogP contribution in [0.5, 0.6) is 0 Å². The molecular formula is C48H43NS. The van der Waals surface area contributed by atoms with Gasteiger partial charge in [0.1, 0.15) is 0 Å². The molecule has 3 atom stereocenters. The van der Waals surface area contributed by atoms with Gasteiger partial charge in [0.2, 0.25) is 0 Å². The summed E-state index contributed by atoms with van der Waals surface area (Å²) in [5.74, 6) is 1.54. The summed E-state index contributed by atoms with van der Waals surface area (Å²) in [5, 5.41) is 2.91. The van der Waals surface area contributed by atoms with E-state index in [1.165, 1.54) is 82.6 Å². The highest BCUT2D eigenvalue weighted by atomic mass is 32.1. The van der Waals surface area contributed by atoms with Crippen LogP contribution >= 0.6 is 11.3 Å². The zero-order valence-electron chi connectivity index (χ0n) is 29.6. The maximum Gasteiger partial charge on any atom is 0.0541 e. The third kappa shape index (κ3) is 3.89. The molecule has 0 saturated heterocycles. The lowest BCUT2D eigenvalue weighted by Gasteiger charge is -2.30. The molecule has 2 heteroatoms. The molecule has 0 aliphatic heterocycles. The number of rotatable bonds is 2. The second-order valence-corrected chi connectivity index (χ2v) is 17.4. The Morgan fingerprint density at radius 2 is 1.70 bits per heavy atom. The fraction of sp³-hybridized carbons (Fsp3) is 0.292. The Bertz CT molecular complexity index is 2550. The van der Waals surface area contributed by atoms with Crippen molar-refractivity contribution in [2.24, 2.45) is 11.8 Å². The topological polar surface area (TPSA) is 4.93 Å². The number of allylic oxidation sites excluding steroid dienone is 11. The van der Waals surface area contributed by atoms with Gasteiger partial charge < -0.3 is 4.57 Å². The first kappa shape index (κ1) is 29.3. The Labute approximate surface area is 299 Å². The summed E-state index contributed by atoms with van der Waals surface area (Å²) in [7, 11) is 0. The van der Waals surface area contributed by atoms with E-state index >= 15 is 0 Å². The van der Waals surface area contributed by atoms with E-state index in [0.717, 1.165) is 32.1 Å². The lowest BCUT2D eigenvalue weighted by Crippen LogP contribution is -2.22. The van der Waals surface area contributed by atoms with E-state index in [9.17, 15) is 0 Å². The molecule has 0 bridgehead atoms. The lowest BCUT2D eigenvalue weighted by atomic mass is 9.74. The minimum absolute atomic E-state index is 0.0333. The summed E-state index contributed by atoms with van der Waals surface area (Å²) in [6.07, 6.45) is 23.9. The van der Waals surface area contributed by atoms with Gasteiger partial charge in [-0.1, -0.05) is 94.0 Å². The van der Waals surface area contributed by atoms with Crippen molar-refractivity contribution in [1.29, 1.82) is 0 Å². The van der Waals surface area contributed by atoms with Gasteiger partial charge >= 0.3 is 0 Å². The van der Waals surface area contributed by atoms with Crippen LogP contribution in [0, 0.1) is 11.8 Å². The monoisotopic (exact) mass is 665 g/mol. The third-order valence-electron chi connectivity index (χ3n) is 13.1. The summed E-state index contributed by atoms with van der Waals surface area (Å²) >= 11 is 2.01. The quantitative estimate of drug-likeness (QED) is 0.177. The van der Waals surface area contributed by atoms with Gasteiger partial charge in [0, 0.05) is 37.7 Å². The first-order chi connectivity index (χ1) is 24.4. The van der Waals surface area contributed by atoms with Crippen molar-refractivity contribution in [3.8, 4) is 5.69 Å². The molecule has 5 aromatic rings. The Morgan fingerprint density at radius 3 is 2.62 bits per heavy atom. The van der Waals surface area contributed by atoms with E-state index in [2.05, 4.69) is 129 Å². The SMILES string of the molecule is CC1CC=CC2=C1C(C)(C)c1cc3c(cc12)c1c(n3-c2ccc3c(c2)C2=C(C3)CC(C3=CCCc4c3sc3ccccc43)C=C2)C=CCC1C. The summed E-state index contributed by atoms with van der Waals surface area (Å²) < 4.78 is 4.04. The van der Waals surface area contributed by atoms with Crippen molar-refractivity contribution in [1.82, 2.24) is 4.57 Å². The average Bonchev–Trinajstić information content (AvgIpc) is 3.84. The number of nitrogens with zero attached hydrogens (tertiary/aromatic N) is 1. The molecule has 0 fully saturated rings. The number of thiophene rings is 1. The molecule has 3 aromatic carbocycles. The molecule has 3 unspecified atom stereocenters. The fourth-order valence-corrected chi connectivity index (χ4v) is 12.3. The van der Waals surface area contributed by atoms with Crippen molar-refractivity contribution < 1.29 is 0 Å². The van der Waals surface area contributed by atoms with Crippen LogP contribution in [0.3, 0.4) is 0 Å². The van der Waals surface area contributed by atoms with E-state index in [1.54, 1.807) is 22.3 Å². The van der Waals surface area contributed by atoms with E-state index in [0.29, 0.717) is 17.8 Å². The number of aryl methyl sites for hydroxylation is 1. The molecule has 2 aromatic heterocycles. The molecule has 6 aliphatic carbocycles. The van der Waals surface area contributed by atoms with Gasteiger partial charge in [-0.15, -0.1) is 11.3 Å². The van der Waals surface area contributed by atoms with Gasteiger partial charge in [-0.05, 0) is 148 Å². The first-order valence-corrected chi connectivity index (χ1v) is 19.7. The summed E-state index contributed by atoms with van der Waals surface area (Å²) in [4.78, 5) is 1.54. The molecule has 0 N–H and O–H groups in total. The summed E-state index contributed by atoms with van der Waals surface area (Å²) in [6, 6.07) is 21.5. The Hall–Kier alpha value is -4.40. The second-order valence-electron chi connectivity index (χ2n) is 16.4. The van der Waals surface area contributed by atoms with Crippen molar-refractivity contribution >= 4 is 55.1 Å². The number of aromatic nitrogens is 1. The minimum Gasteiger partial charge on any atom is -0.310 e. The number of hydrogen-bond acceptors (Lipinski definition) is 1. The molecule has 1 nitrogen and oxygen atoms in total. The maximum atomic E-state index is 2.60. The summed E-state index contributed by atoms with van der Waals surface area (Å²) in [6.45, 7) is 9.76. The van der Waals surface area contributed by atoms with Crippen molar-refractivity contribution in [2.75, 3.05) is 0 Å². The maximum absolute atomic E-state index is 2.60. The largest absolute Gasteiger partial charge is 0.310 e. The number of benzene rings is 3. The molecular weight excluding hydrogens is 623 g/mol. The molecule has 0 spiro atoms. The molecule has 0 amide bonds. The predicted octanol–water partition coefficient (Wildman–Crippen LogP) is 12.9. The van der Waals surface area contributed by atoms with E-state index < -0.39 is 0 Å². The summed E-state index contributed by atoms with van der Waals surface area (Å²) in [5.41, 5.74) is 20.8. The molecule has 11 rings (SSSR count). The van der Waals surface area contributed by atoms with Gasteiger partial charge in [-0.3, -0.25) is 0 Å². The Morgan fingerprint density at radius 1 is 0.840 bits per heavy atom. The van der Waals surface area contributed by atoms with Crippen LogP contribution < -0.4 is 0 Å². The molecule has 246 valence electrons. The van der Waals surface area contributed by atoms with Crippen LogP contribution in [0.2, 0.25) is 0 Å². The van der Waals surface area contributed by atoms with E-state index in [1.807, 2.05) is 11.3 Å². The van der Waals surface area contributed by atoms with Crippen molar-refractivity contribution in [2.45, 2.75) is 77.6 Å². The van der Waals surface area contributed by atoms with Crippen molar-refractivity contribution in [3.05, 3.63) is 146 Å². The van der Waals surface area contributed by atoms with Crippen LogP contribution in [0.25, 0.3) is 49.5 Å². The van der Waals surface area contributed by atoms with Gasteiger partial charge in [0.05, 0.1) is 5.52 Å². The number of fused-ring (bicyclic) bond motifs is 10. The van der Waals surface area contributed by atoms with Crippen LogP contribution in [-0.2, 0) is 18.3 Å². The highest BCUT2D eigenvalue weighted by Gasteiger charge is 2.41. The number of hydrogen-bond donors (Lipinski definition) is 0. The zero-order valence-corrected chi connectivity index (χ0v) is 30.4. The molecule has 0 saturated carbocycles. The van der Waals surface area contributed by atoms with Crippen molar-refractivity contribution in [3.63, 3.8) is 0 Å². The second kappa shape index (κ2) is 10.3. The highest BCUT2D eigenvalue weighted by molar-refractivity contribution is 7.20. The van der Waals surface area contributed by atoms with E-state index in [-0.39, 0.29) is 5.41 Å². The van der Waals surface area contributed by atoms with Gasteiger partial charge in [0.25, 0.3) is 0 Å². The predicted molar refractivity (Wildman–Crippen MR) is 214 cm³/mol. The molecule has 0 radical (unpaired) electrons. The van der Waals surface area contributed by atoms with Gasteiger partial charge in [-0.25, -0.2) is 0 Å². The first-order valence-electron chi connectivity index (χ1n) is 18.9. The molecule has 50 heavy (non-hydrogen) atoms. The van der Waals surface area contributed by atoms with Crippen LogP contribution in [0.4, 0.5) is 0 Å². The zero-order chi connectivity index (χ0) is 33.5. The molecule has 6 aliphatic rings. The molecule has 2 heterocycles.